The number of halogens is 1. The van der Waals surface area contributed by atoms with Crippen molar-refractivity contribution in [3.63, 3.8) is 0 Å². The summed E-state index contributed by atoms with van der Waals surface area (Å²) in [5.74, 6) is 2.43. The maximum absolute atomic E-state index is 5.96. The molecule has 92 valence electrons. The van der Waals surface area contributed by atoms with Gasteiger partial charge in [0.05, 0.1) is 0 Å². The Bertz CT molecular complexity index is 417. The maximum Gasteiger partial charge on any atom is 0.106 e. The molecule has 3 N–H and O–H groups in total. The summed E-state index contributed by atoms with van der Waals surface area (Å²) in [4.78, 5) is 0.389. The Morgan fingerprint density at radius 2 is 2.12 bits per heavy atom. The maximum atomic E-state index is 5.96. The number of nitrogens with one attached hydrogen (secondary N) is 1. The summed E-state index contributed by atoms with van der Waals surface area (Å²) in [5, 5.41) is 4.18. The number of rotatable bonds is 3. The third-order valence-electron chi connectivity index (χ3n) is 2.83. The molecule has 0 bridgehead atoms. The molecule has 5 heteroatoms. The largest absolute Gasteiger partial charge is 0.389 e. The van der Waals surface area contributed by atoms with E-state index in [4.69, 9.17) is 29.6 Å². The van der Waals surface area contributed by atoms with Crippen LogP contribution in [0.5, 0.6) is 0 Å². The van der Waals surface area contributed by atoms with E-state index in [1.807, 2.05) is 30.0 Å². The first-order chi connectivity index (χ1) is 8.16. The van der Waals surface area contributed by atoms with Crippen molar-refractivity contribution in [3.05, 3.63) is 28.8 Å². The lowest BCUT2D eigenvalue weighted by molar-refractivity contribution is 0.667. The van der Waals surface area contributed by atoms with Crippen molar-refractivity contribution in [2.75, 3.05) is 16.8 Å². The fraction of sp³-hybridized carbons (Fsp3) is 0.417. The number of thiocarbonyl (C=S) groups is 1. The van der Waals surface area contributed by atoms with Gasteiger partial charge in [0.1, 0.15) is 4.99 Å². The molecule has 2 nitrogen and oxygen atoms in total. The van der Waals surface area contributed by atoms with Crippen LogP contribution in [0.3, 0.4) is 0 Å². The lowest BCUT2D eigenvalue weighted by Crippen LogP contribution is -2.26. The summed E-state index contributed by atoms with van der Waals surface area (Å²) in [5.41, 5.74) is 7.55. The molecule has 1 saturated heterocycles. The van der Waals surface area contributed by atoms with Crippen LogP contribution in [-0.4, -0.2) is 22.5 Å². The fourth-order valence-corrected chi connectivity index (χ4v) is 3.36. The molecule has 0 saturated carbocycles. The normalized spacial score (nSPS) is 16.8. The van der Waals surface area contributed by atoms with Crippen LogP contribution in [0.25, 0.3) is 0 Å². The van der Waals surface area contributed by atoms with Crippen LogP contribution in [0, 0.1) is 0 Å². The van der Waals surface area contributed by atoms with Gasteiger partial charge in [-0.25, -0.2) is 0 Å². The second kappa shape index (κ2) is 5.94. The van der Waals surface area contributed by atoms with Gasteiger partial charge in [-0.1, -0.05) is 23.8 Å². The summed E-state index contributed by atoms with van der Waals surface area (Å²) in [6.07, 6.45) is 2.37. The van der Waals surface area contributed by atoms with Crippen LogP contribution < -0.4 is 11.1 Å². The van der Waals surface area contributed by atoms with E-state index in [9.17, 15) is 0 Å². The van der Waals surface area contributed by atoms with Crippen molar-refractivity contribution in [1.29, 1.82) is 0 Å². The second-order valence-corrected chi connectivity index (χ2v) is 6.19. The molecule has 0 aliphatic carbocycles. The molecule has 0 spiro atoms. The first kappa shape index (κ1) is 13.0. The molecule has 0 aromatic heterocycles. The van der Waals surface area contributed by atoms with Crippen molar-refractivity contribution in [1.82, 2.24) is 0 Å². The van der Waals surface area contributed by atoms with E-state index in [-0.39, 0.29) is 0 Å². The van der Waals surface area contributed by atoms with Crippen molar-refractivity contribution in [2.45, 2.75) is 18.9 Å². The van der Waals surface area contributed by atoms with Crippen LogP contribution in [0.1, 0.15) is 18.4 Å². The zero-order valence-corrected chi connectivity index (χ0v) is 11.8. The molecule has 1 aromatic rings. The minimum Gasteiger partial charge on any atom is -0.389 e. The van der Waals surface area contributed by atoms with E-state index in [2.05, 4.69) is 5.32 Å². The van der Waals surface area contributed by atoms with Gasteiger partial charge in [0.25, 0.3) is 0 Å². The number of hydrogen-bond acceptors (Lipinski definition) is 3. The summed E-state index contributed by atoms with van der Waals surface area (Å²) in [7, 11) is 0. The smallest absolute Gasteiger partial charge is 0.106 e. The van der Waals surface area contributed by atoms with Gasteiger partial charge in [-0.15, -0.1) is 0 Å². The molecular formula is C12H15ClN2S2. The molecular weight excluding hydrogens is 272 g/mol. The van der Waals surface area contributed by atoms with Crippen LogP contribution in [0.15, 0.2) is 18.2 Å². The first-order valence-electron chi connectivity index (χ1n) is 5.60. The van der Waals surface area contributed by atoms with Crippen molar-refractivity contribution in [3.8, 4) is 0 Å². The van der Waals surface area contributed by atoms with E-state index in [1.165, 1.54) is 24.3 Å². The predicted octanol–water partition coefficient (Wildman–Crippen LogP) is 3.28. The minimum atomic E-state index is 0.389. The van der Waals surface area contributed by atoms with Crippen molar-refractivity contribution >= 4 is 46.3 Å². The second-order valence-electron chi connectivity index (χ2n) is 4.09. The van der Waals surface area contributed by atoms with Gasteiger partial charge in [0.2, 0.25) is 0 Å². The summed E-state index contributed by atoms with van der Waals surface area (Å²) < 4.78 is 0. The van der Waals surface area contributed by atoms with E-state index in [1.54, 1.807) is 0 Å². The highest BCUT2D eigenvalue weighted by atomic mass is 35.5. The molecule has 0 radical (unpaired) electrons. The highest BCUT2D eigenvalue weighted by molar-refractivity contribution is 7.99. The van der Waals surface area contributed by atoms with Gasteiger partial charge in [-0.2, -0.15) is 11.8 Å². The summed E-state index contributed by atoms with van der Waals surface area (Å²) in [6.45, 7) is 0. The van der Waals surface area contributed by atoms with Gasteiger partial charge in [0, 0.05) is 22.3 Å². The Kier molecular flexibility index (Phi) is 4.54. The predicted molar refractivity (Wildman–Crippen MR) is 81.3 cm³/mol. The number of anilines is 1. The highest BCUT2D eigenvalue weighted by Gasteiger charge is 2.15. The molecule has 0 atom stereocenters. The Hall–Kier alpha value is -0.450. The molecule has 1 aliphatic heterocycles. The average molecular weight is 287 g/mol. The zero-order valence-electron chi connectivity index (χ0n) is 9.41. The van der Waals surface area contributed by atoms with Gasteiger partial charge >= 0.3 is 0 Å². The number of hydrogen-bond donors (Lipinski definition) is 2. The molecule has 17 heavy (non-hydrogen) atoms. The van der Waals surface area contributed by atoms with E-state index in [0.29, 0.717) is 16.1 Å². The van der Waals surface area contributed by atoms with Gasteiger partial charge in [0.15, 0.2) is 0 Å². The Balaban J connectivity index is 2.16. The van der Waals surface area contributed by atoms with Crippen LogP contribution in [-0.2, 0) is 0 Å². The highest BCUT2D eigenvalue weighted by Crippen LogP contribution is 2.25. The molecule has 1 aromatic carbocycles. The molecule has 1 fully saturated rings. The monoisotopic (exact) mass is 286 g/mol. The first-order valence-corrected chi connectivity index (χ1v) is 7.54. The summed E-state index contributed by atoms with van der Waals surface area (Å²) in [6, 6.07) is 6.16. The molecule has 1 heterocycles. The number of benzene rings is 1. The molecule has 1 aliphatic rings. The van der Waals surface area contributed by atoms with Crippen LogP contribution >= 0.6 is 35.6 Å². The third-order valence-corrected chi connectivity index (χ3v) is 4.33. The van der Waals surface area contributed by atoms with E-state index in [0.717, 1.165) is 11.3 Å². The lowest BCUT2D eigenvalue weighted by atomic mass is 10.1. The molecule has 0 amide bonds. The summed E-state index contributed by atoms with van der Waals surface area (Å²) >= 11 is 13.0. The van der Waals surface area contributed by atoms with Gasteiger partial charge in [-0.05, 0) is 42.5 Å². The Morgan fingerprint density at radius 3 is 2.76 bits per heavy atom. The zero-order chi connectivity index (χ0) is 12.3. The van der Waals surface area contributed by atoms with Crippen LogP contribution in [0.4, 0.5) is 5.69 Å². The molecule has 2 rings (SSSR count). The van der Waals surface area contributed by atoms with Crippen molar-refractivity contribution in [2.24, 2.45) is 5.73 Å². The standard InChI is InChI=1S/C12H15ClN2S2/c13-8-1-2-11(10(7-8)12(14)16)15-9-3-5-17-6-4-9/h1-2,7,9,15H,3-6H2,(H2,14,16). The van der Waals surface area contributed by atoms with E-state index >= 15 is 0 Å². The molecule has 0 unspecified atom stereocenters. The average Bonchev–Trinajstić information content (AvgIpc) is 2.32. The fourth-order valence-electron chi connectivity index (χ4n) is 1.91. The van der Waals surface area contributed by atoms with Crippen molar-refractivity contribution < 1.29 is 0 Å². The Morgan fingerprint density at radius 1 is 1.41 bits per heavy atom. The lowest BCUT2D eigenvalue weighted by Gasteiger charge is -2.24. The number of thioether (sulfide) groups is 1. The Labute approximate surface area is 116 Å². The van der Waals surface area contributed by atoms with Crippen LogP contribution in [0.2, 0.25) is 5.02 Å². The number of nitrogens with two attached hydrogens (primary N) is 1. The third kappa shape index (κ3) is 3.50. The topological polar surface area (TPSA) is 38.0 Å². The SMILES string of the molecule is NC(=S)c1cc(Cl)ccc1NC1CCSCC1. The van der Waals surface area contributed by atoms with Gasteiger partial charge < -0.3 is 11.1 Å². The quantitative estimate of drug-likeness (QED) is 0.837. The minimum absolute atomic E-state index is 0.389. The van der Waals surface area contributed by atoms with Gasteiger partial charge in [-0.3, -0.25) is 0 Å². The van der Waals surface area contributed by atoms with E-state index < -0.39 is 0 Å².